The van der Waals surface area contributed by atoms with Gasteiger partial charge in [0.25, 0.3) is 5.41 Å². The highest BCUT2D eigenvalue weighted by atomic mass is 19.4. The maximum absolute atomic E-state index is 13.5. The van der Waals surface area contributed by atoms with Crippen LogP contribution in [0.2, 0.25) is 0 Å². The average Bonchev–Trinajstić information content (AvgIpc) is 2.37. The van der Waals surface area contributed by atoms with Crippen LogP contribution in [0, 0.1) is 11.3 Å². The summed E-state index contributed by atoms with van der Waals surface area (Å²) >= 11 is 0. The van der Waals surface area contributed by atoms with E-state index in [9.17, 15) is 79.0 Å². The molecule has 0 aromatic heterocycles. The summed E-state index contributed by atoms with van der Waals surface area (Å²) in [6, 6.07) is 0. The number of hydrogen-bond donors (Lipinski definition) is 0. The van der Waals surface area contributed by atoms with Crippen LogP contribution in [-0.4, -0.2) is 48.4 Å². The average molecular weight is 464 g/mol. The molecule has 18 heteroatoms. The smallest absolute Gasteiger partial charge is 0.240 e. The van der Waals surface area contributed by atoms with Gasteiger partial charge in [0.15, 0.2) is 6.17 Å². The highest BCUT2D eigenvalue weighted by molar-refractivity contribution is 5.22. The second-order valence-corrected chi connectivity index (χ2v) is 5.58. The third-order valence-corrected chi connectivity index (χ3v) is 4.07. The summed E-state index contributed by atoms with van der Waals surface area (Å²) in [6.45, 7) is 0. The fourth-order valence-corrected chi connectivity index (χ4v) is 2.68. The summed E-state index contributed by atoms with van der Waals surface area (Å²) in [5.41, 5.74) is -8.25. The van der Waals surface area contributed by atoms with Crippen LogP contribution in [0.3, 0.4) is 0 Å². The monoisotopic (exact) mass is 464 g/mol. The van der Waals surface area contributed by atoms with Crippen LogP contribution in [0.25, 0.3) is 0 Å². The molecule has 0 heterocycles. The molecule has 0 nitrogen and oxygen atoms in total. The van der Waals surface area contributed by atoms with E-state index in [0.717, 1.165) is 0 Å². The Bertz CT molecular complexity index is 565. The molecule has 0 N–H and O–H groups in total. The molecule has 0 radical (unpaired) electrons. The lowest BCUT2D eigenvalue weighted by Crippen LogP contribution is -2.81. The Labute approximate surface area is 140 Å². The van der Waals surface area contributed by atoms with Crippen molar-refractivity contribution in [3.05, 3.63) is 0 Å². The Hall–Kier alpha value is -1.26. The number of alkyl halides is 18. The SMILES string of the molecule is FC1C(C(C(F)(F)F)(C(F)(F)F)C(F)(F)F)C(F)(F)C(F)(F)C(F)(F)C1(F)F. The first-order valence-electron chi connectivity index (χ1n) is 6.13. The van der Waals surface area contributed by atoms with Gasteiger partial charge in [0, 0.05) is 0 Å². The predicted octanol–water partition coefficient (Wildman–Crippen LogP) is 6.17. The van der Waals surface area contributed by atoms with E-state index in [4.69, 9.17) is 0 Å². The van der Waals surface area contributed by atoms with Gasteiger partial charge in [0.2, 0.25) is 0 Å². The molecule has 1 fully saturated rings. The van der Waals surface area contributed by atoms with Crippen LogP contribution in [0.1, 0.15) is 0 Å². The van der Waals surface area contributed by atoms with E-state index >= 15 is 0 Å². The molecule has 1 rings (SSSR count). The summed E-state index contributed by atoms with van der Waals surface area (Å²) in [6.07, 6.45) is -30.9. The summed E-state index contributed by atoms with van der Waals surface area (Å²) in [5, 5.41) is 0. The Morgan fingerprint density at radius 1 is 0.464 bits per heavy atom. The summed E-state index contributed by atoms with van der Waals surface area (Å²) in [4.78, 5) is 0. The largest absolute Gasteiger partial charge is 0.412 e. The first-order chi connectivity index (χ1) is 11.8. The lowest BCUT2D eigenvalue weighted by atomic mass is 9.61. The van der Waals surface area contributed by atoms with E-state index in [1.54, 1.807) is 0 Å². The van der Waals surface area contributed by atoms with Gasteiger partial charge in [-0.05, 0) is 0 Å². The van der Waals surface area contributed by atoms with Gasteiger partial charge in [-0.3, -0.25) is 0 Å². The first-order valence-corrected chi connectivity index (χ1v) is 6.13. The lowest BCUT2D eigenvalue weighted by Gasteiger charge is -2.54. The van der Waals surface area contributed by atoms with Gasteiger partial charge in [-0.1, -0.05) is 0 Å². The minimum absolute atomic E-state index is 6.35. The highest BCUT2D eigenvalue weighted by Gasteiger charge is 2.99. The van der Waals surface area contributed by atoms with Gasteiger partial charge < -0.3 is 0 Å². The number of rotatable bonds is 1. The van der Waals surface area contributed by atoms with Crippen LogP contribution in [0.15, 0.2) is 0 Å². The van der Waals surface area contributed by atoms with Crippen LogP contribution in [-0.2, 0) is 0 Å². The topological polar surface area (TPSA) is 0 Å². The number of hydrogen-bond acceptors (Lipinski definition) is 0. The Kier molecular flexibility index (Phi) is 5.01. The van der Waals surface area contributed by atoms with Crippen molar-refractivity contribution in [1.29, 1.82) is 0 Å². The van der Waals surface area contributed by atoms with Crippen molar-refractivity contribution in [3.63, 3.8) is 0 Å². The quantitative estimate of drug-likeness (QED) is 0.408. The van der Waals surface area contributed by atoms with Crippen molar-refractivity contribution in [3.8, 4) is 0 Å². The zero-order chi connectivity index (χ0) is 23.2. The third kappa shape index (κ3) is 2.50. The third-order valence-electron chi connectivity index (χ3n) is 4.07. The molecule has 0 aromatic rings. The molecular formula is C10H2F18. The van der Waals surface area contributed by atoms with Gasteiger partial charge in [-0.15, -0.1) is 0 Å². The maximum atomic E-state index is 13.5. The minimum atomic E-state index is -8.25. The fourth-order valence-electron chi connectivity index (χ4n) is 2.68. The molecule has 0 aromatic carbocycles. The molecular weight excluding hydrogens is 462 g/mol. The van der Waals surface area contributed by atoms with Crippen molar-refractivity contribution >= 4 is 0 Å². The summed E-state index contributed by atoms with van der Waals surface area (Å²) < 4.78 is 234. The van der Waals surface area contributed by atoms with E-state index < -0.39 is 59.7 Å². The standard InChI is InChI=1S/C10H2F18/c11-2-1(3(8(20,21)22,9(23,24)25)10(26,27)28)4(12,13)6(16,17)7(18,19)5(2,14)15/h1-2H. The molecule has 28 heavy (non-hydrogen) atoms. The molecule has 2 atom stereocenters. The Morgan fingerprint density at radius 3 is 0.964 bits per heavy atom. The molecule has 0 spiro atoms. The van der Waals surface area contributed by atoms with Crippen LogP contribution in [0.5, 0.6) is 0 Å². The molecule has 168 valence electrons. The zero-order valence-corrected chi connectivity index (χ0v) is 12.0. The molecule has 0 saturated heterocycles. The van der Waals surface area contributed by atoms with Crippen LogP contribution >= 0.6 is 0 Å². The molecule has 1 aliphatic rings. The normalized spacial score (nSPS) is 30.2. The fraction of sp³-hybridized carbons (Fsp3) is 1.00. The molecule has 0 aliphatic heterocycles. The molecule has 0 bridgehead atoms. The summed E-state index contributed by atoms with van der Waals surface area (Å²) in [5.74, 6) is -37.7. The predicted molar refractivity (Wildman–Crippen MR) is 48.8 cm³/mol. The molecule has 0 amide bonds. The minimum Gasteiger partial charge on any atom is -0.240 e. The van der Waals surface area contributed by atoms with Crippen LogP contribution < -0.4 is 0 Å². The second kappa shape index (κ2) is 5.66. The van der Waals surface area contributed by atoms with Gasteiger partial charge in [0.05, 0.1) is 5.92 Å². The van der Waals surface area contributed by atoms with Crippen molar-refractivity contribution < 1.29 is 79.0 Å². The van der Waals surface area contributed by atoms with E-state index in [2.05, 4.69) is 0 Å². The van der Waals surface area contributed by atoms with E-state index in [0.29, 0.717) is 0 Å². The van der Waals surface area contributed by atoms with E-state index in [1.807, 2.05) is 0 Å². The molecule has 2 unspecified atom stereocenters. The maximum Gasteiger partial charge on any atom is 0.412 e. The first kappa shape index (κ1) is 24.8. The van der Waals surface area contributed by atoms with Crippen molar-refractivity contribution in [2.45, 2.75) is 48.4 Å². The van der Waals surface area contributed by atoms with Crippen LogP contribution in [0.4, 0.5) is 79.0 Å². The lowest BCUT2D eigenvalue weighted by molar-refractivity contribution is -0.502. The molecule has 1 aliphatic carbocycles. The van der Waals surface area contributed by atoms with E-state index in [-0.39, 0.29) is 0 Å². The summed E-state index contributed by atoms with van der Waals surface area (Å²) in [7, 11) is 0. The van der Waals surface area contributed by atoms with Gasteiger partial charge in [0.1, 0.15) is 0 Å². The van der Waals surface area contributed by atoms with Gasteiger partial charge >= 0.3 is 42.2 Å². The highest BCUT2D eigenvalue weighted by Crippen LogP contribution is 2.73. The van der Waals surface area contributed by atoms with Gasteiger partial charge in [-0.2, -0.15) is 74.6 Å². The van der Waals surface area contributed by atoms with Crippen molar-refractivity contribution in [1.82, 2.24) is 0 Å². The van der Waals surface area contributed by atoms with Crippen molar-refractivity contribution in [2.75, 3.05) is 0 Å². The van der Waals surface area contributed by atoms with E-state index in [1.165, 1.54) is 0 Å². The zero-order valence-electron chi connectivity index (χ0n) is 12.0. The molecule has 1 saturated carbocycles. The Balaban J connectivity index is 4.20. The van der Waals surface area contributed by atoms with Gasteiger partial charge in [-0.25, -0.2) is 4.39 Å². The second-order valence-electron chi connectivity index (χ2n) is 5.58. The van der Waals surface area contributed by atoms with Crippen molar-refractivity contribution in [2.24, 2.45) is 11.3 Å². The number of halogens is 18. The Morgan fingerprint density at radius 2 is 0.714 bits per heavy atom.